The average Bonchev–Trinajstić information content (AvgIpc) is 2.39. The van der Waals surface area contributed by atoms with E-state index in [1.54, 1.807) is 12.1 Å². The van der Waals surface area contributed by atoms with Gasteiger partial charge in [0.05, 0.1) is 4.90 Å². The van der Waals surface area contributed by atoms with Crippen LogP contribution in [-0.2, 0) is 23.6 Å². The number of nitrogens with zero attached hydrogens (tertiary/aromatic N) is 1. The minimum atomic E-state index is -4.27. The third kappa shape index (κ3) is 6.48. The zero-order valence-corrected chi connectivity index (χ0v) is 12.9. The summed E-state index contributed by atoms with van der Waals surface area (Å²) in [7, 11) is -2.30. The van der Waals surface area contributed by atoms with Crippen LogP contribution in [0.2, 0.25) is 0 Å². The van der Waals surface area contributed by atoms with E-state index in [0.717, 1.165) is 12.0 Å². The standard InChI is InChI=1S/C8H12NO.C7H8O3S/c1-9-5-2-3-8(7-9)4-6-10;1-6-2-4-7(5-3-6)11(8,9)10/h2-3,5,7,10H,4,6H2,1H3;2-5H,1H3,(H,8,9,10)/q+1;/p-1. The van der Waals surface area contributed by atoms with Crippen LogP contribution in [-0.4, -0.2) is 24.7 Å². The normalized spacial score (nSPS) is 10.7. The first-order valence-electron chi connectivity index (χ1n) is 6.40. The van der Waals surface area contributed by atoms with Crippen LogP contribution in [0.1, 0.15) is 11.1 Å². The van der Waals surface area contributed by atoms with Gasteiger partial charge in [-0.05, 0) is 25.1 Å². The molecule has 5 nitrogen and oxygen atoms in total. The molecule has 0 radical (unpaired) electrons. The maximum Gasteiger partial charge on any atom is 0.171 e. The van der Waals surface area contributed by atoms with Crippen molar-refractivity contribution in [2.45, 2.75) is 18.2 Å². The molecular formula is C15H19NO4S. The summed E-state index contributed by atoms with van der Waals surface area (Å²) in [6.07, 6.45) is 4.73. The lowest BCUT2D eigenvalue weighted by Crippen LogP contribution is -2.26. The number of benzene rings is 1. The molecule has 0 aliphatic heterocycles. The molecule has 0 amide bonds. The van der Waals surface area contributed by atoms with E-state index in [0.29, 0.717) is 0 Å². The Balaban J connectivity index is 0.000000211. The lowest BCUT2D eigenvalue weighted by atomic mass is 10.2. The van der Waals surface area contributed by atoms with Gasteiger partial charge < -0.3 is 9.66 Å². The number of hydrogen-bond donors (Lipinski definition) is 1. The number of pyridine rings is 1. The second kappa shape index (κ2) is 7.87. The number of aliphatic hydroxyl groups is 1. The molecule has 0 saturated carbocycles. The van der Waals surface area contributed by atoms with Crippen molar-refractivity contribution in [1.82, 2.24) is 0 Å². The fourth-order valence-electron chi connectivity index (χ4n) is 1.63. The van der Waals surface area contributed by atoms with Gasteiger partial charge in [0.1, 0.15) is 17.2 Å². The van der Waals surface area contributed by atoms with Crippen molar-refractivity contribution in [3.05, 3.63) is 59.9 Å². The molecule has 114 valence electrons. The van der Waals surface area contributed by atoms with E-state index in [1.807, 2.05) is 43.1 Å². The fraction of sp³-hybridized carbons (Fsp3) is 0.267. The molecule has 0 atom stereocenters. The van der Waals surface area contributed by atoms with Crippen molar-refractivity contribution in [2.75, 3.05) is 6.61 Å². The molecule has 0 aliphatic carbocycles. The van der Waals surface area contributed by atoms with E-state index in [9.17, 15) is 13.0 Å². The zero-order chi connectivity index (χ0) is 15.9. The highest BCUT2D eigenvalue weighted by molar-refractivity contribution is 7.85. The van der Waals surface area contributed by atoms with Crippen LogP contribution in [0.4, 0.5) is 0 Å². The summed E-state index contributed by atoms with van der Waals surface area (Å²) in [5.74, 6) is 0. The number of hydrogen-bond acceptors (Lipinski definition) is 4. The number of aromatic nitrogens is 1. The summed E-state index contributed by atoms with van der Waals surface area (Å²) in [5.41, 5.74) is 2.10. The van der Waals surface area contributed by atoms with Gasteiger partial charge in [-0.25, -0.2) is 13.0 Å². The Hall–Kier alpha value is -1.76. The minimum Gasteiger partial charge on any atom is -0.744 e. The third-order valence-electron chi connectivity index (χ3n) is 2.71. The van der Waals surface area contributed by atoms with Crippen LogP contribution in [0.25, 0.3) is 0 Å². The van der Waals surface area contributed by atoms with Gasteiger partial charge in [-0.3, -0.25) is 0 Å². The summed E-state index contributed by atoms with van der Waals surface area (Å²) in [6.45, 7) is 2.05. The van der Waals surface area contributed by atoms with Crippen molar-refractivity contribution < 1.29 is 22.6 Å². The highest BCUT2D eigenvalue weighted by Crippen LogP contribution is 2.08. The smallest absolute Gasteiger partial charge is 0.171 e. The predicted octanol–water partition coefficient (Wildman–Crippen LogP) is 0.945. The highest BCUT2D eigenvalue weighted by atomic mass is 32.2. The summed E-state index contributed by atoms with van der Waals surface area (Å²) in [5, 5.41) is 8.60. The van der Waals surface area contributed by atoms with E-state index >= 15 is 0 Å². The lowest BCUT2D eigenvalue weighted by molar-refractivity contribution is -0.671. The average molecular weight is 309 g/mol. The van der Waals surface area contributed by atoms with Crippen LogP contribution in [0.15, 0.2) is 53.7 Å². The summed E-state index contributed by atoms with van der Waals surface area (Å²) in [6, 6.07) is 9.77. The van der Waals surface area contributed by atoms with Gasteiger partial charge >= 0.3 is 0 Å². The molecule has 1 N–H and O–H groups in total. The Labute approximate surface area is 125 Å². The van der Waals surface area contributed by atoms with Gasteiger partial charge in [0.15, 0.2) is 12.4 Å². The van der Waals surface area contributed by atoms with Gasteiger partial charge in [0.2, 0.25) is 0 Å². The molecule has 1 aromatic carbocycles. The number of aliphatic hydroxyl groups excluding tert-OH is 1. The molecule has 1 heterocycles. The topological polar surface area (TPSA) is 81.3 Å². The molecule has 0 fully saturated rings. The SMILES string of the molecule is C[n+]1cccc(CCO)c1.Cc1ccc(S(=O)(=O)[O-])cc1. The van der Waals surface area contributed by atoms with Crippen molar-refractivity contribution in [1.29, 1.82) is 0 Å². The summed E-state index contributed by atoms with van der Waals surface area (Å²) in [4.78, 5) is -0.178. The van der Waals surface area contributed by atoms with Crippen LogP contribution in [0.3, 0.4) is 0 Å². The number of rotatable bonds is 3. The maximum atomic E-state index is 10.4. The Bertz CT molecular complexity index is 666. The molecule has 6 heteroatoms. The van der Waals surface area contributed by atoms with E-state index in [-0.39, 0.29) is 11.5 Å². The molecule has 21 heavy (non-hydrogen) atoms. The maximum absolute atomic E-state index is 10.4. The van der Waals surface area contributed by atoms with Gasteiger partial charge in [-0.15, -0.1) is 0 Å². The van der Waals surface area contributed by atoms with Crippen LogP contribution >= 0.6 is 0 Å². The molecule has 0 aliphatic rings. The monoisotopic (exact) mass is 309 g/mol. The minimum absolute atomic E-state index is 0.178. The first-order chi connectivity index (χ1) is 9.82. The predicted molar refractivity (Wildman–Crippen MR) is 77.6 cm³/mol. The van der Waals surface area contributed by atoms with Crippen molar-refractivity contribution in [3.63, 3.8) is 0 Å². The fourth-order valence-corrected chi connectivity index (χ4v) is 2.10. The van der Waals surface area contributed by atoms with Crippen LogP contribution in [0.5, 0.6) is 0 Å². The lowest BCUT2D eigenvalue weighted by Gasteiger charge is -2.05. The molecule has 0 unspecified atom stereocenters. The highest BCUT2D eigenvalue weighted by Gasteiger charge is 1.98. The molecule has 0 saturated heterocycles. The molecule has 2 rings (SSSR count). The van der Waals surface area contributed by atoms with Crippen molar-refractivity contribution in [2.24, 2.45) is 7.05 Å². The van der Waals surface area contributed by atoms with Crippen molar-refractivity contribution in [3.8, 4) is 0 Å². The van der Waals surface area contributed by atoms with Crippen molar-refractivity contribution >= 4 is 10.1 Å². The van der Waals surface area contributed by atoms with E-state index < -0.39 is 10.1 Å². The Morgan fingerprint density at radius 3 is 2.29 bits per heavy atom. The molecule has 1 aromatic heterocycles. The van der Waals surface area contributed by atoms with Gasteiger partial charge in [-0.1, -0.05) is 17.7 Å². The molecule has 0 spiro atoms. The first kappa shape index (κ1) is 17.3. The third-order valence-corrected chi connectivity index (χ3v) is 3.56. The number of aryl methyl sites for hydroxylation is 2. The Morgan fingerprint density at radius 1 is 1.19 bits per heavy atom. The molecule has 0 bridgehead atoms. The van der Waals surface area contributed by atoms with Gasteiger partial charge in [-0.2, -0.15) is 0 Å². The van der Waals surface area contributed by atoms with Crippen LogP contribution in [0, 0.1) is 6.92 Å². The zero-order valence-electron chi connectivity index (χ0n) is 12.1. The Morgan fingerprint density at radius 2 is 1.81 bits per heavy atom. The molecule has 2 aromatic rings. The van der Waals surface area contributed by atoms with E-state index in [1.165, 1.54) is 17.7 Å². The molecular weight excluding hydrogens is 290 g/mol. The first-order valence-corrected chi connectivity index (χ1v) is 7.81. The van der Waals surface area contributed by atoms with Crippen LogP contribution < -0.4 is 4.57 Å². The van der Waals surface area contributed by atoms with E-state index in [4.69, 9.17) is 5.11 Å². The van der Waals surface area contributed by atoms with E-state index in [2.05, 4.69) is 0 Å². The Kier molecular flexibility index (Phi) is 6.48. The summed E-state index contributed by atoms with van der Waals surface area (Å²) < 4.78 is 33.1. The van der Waals surface area contributed by atoms with Gasteiger partial charge in [0, 0.05) is 24.7 Å². The second-order valence-electron chi connectivity index (χ2n) is 4.62. The van der Waals surface area contributed by atoms with Gasteiger partial charge in [0.25, 0.3) is 0 Å². The summed E-state index contributed by atoms with van der Waals surface area (Å²) >= 11 is 0. The largest absolute Gasteiger partial charge is 0.744 e. The second-order valence-corrected chi connectivity index (χ2v) is 6.00. The quantitative estimate of drug-likeness (QED) is 0.676.